The number of likely N-dealkylation sites (N-methyl/N-ethyl adjacent to an activating group) is 1. The number of aromatic nitrogens is 1. The summed E-state index contributed by atoms with van der Waals surface area (Å²) < 4.78 is 1.37. The van der Waals surface area contributed by atoms with Crippen LogP contribution in [0.25, 0.3) is 10.8 Å². The Kier molecular flexibility index (Phi) is 4.14. The molecular formula is C17H19N3O3. The van der Waals surface area contributed by atoms with Crippen LogP contribution in [-0.2, 0) is 16.1 Å². The molecule has 120 valence electrons. The number of nitrogens with one attached hydrogen (secondary N) is 1. The van der Waals surface area contributed by atoms with Gasteiger partial charge in [-0.05, 0) is 30.4 Å². The molecule has 1 aliphatic rings. The molecule has 1 aromatic heterocycles. The zero-order valence-corrected chi connectivity index (χ0v) is 13.0. The minimum atomic E-state index is -0.489. The summed E-state index contributed by atoms with van der Waals surface area (Å²) in [5.41, 5.74) is -0.203. The number of carbonyl (C=O) groups excluding carboxylic acids is 2. The molecule has 6 heteroatoms. The van der Waals surface area contributed by atoms with Crippen LogP contribution in [0.1, 0.15) is 12.8 Å². The number of pyridine rings is 1. The average Bonchev–Trinajstić information content (AvgIpc) is 2.55. The zero-order valence-electron chi connectivity index (χ0n) is 13.0. The van der Waals surface area contributed by atoms with Crippen molar-refractivity contribution in [2.75, 3.05) is 13.6 Å². The fourth-order valence-corrected chi connectivity index (χ4v) is 2.92. The monoisotopic (exact) mass is 313 g/mol. The van der Waals surface area contributed by atoms with Crippen LogP contribution in [-0.4, -0.2) is 40.9 Å². The van der Waals surface area contributed by atoms with Gasteiger partial charge in [0.15, 0.2) is 0 Å². The Hall–Kier alpha value is -2.63. The summed E-state index contributed by atoms with van der Waals surface area (Å²) in [5.74, 6) is -0.397. The zero-order chi connectivity index (χ0) is 16.4. The molecule has 1 fully saturated rings. The molecule has 1 saturated heterocycles. The van der Waals surface area contributed by atoms with E-state index in [2.05, 4.69) is 5.32 Å². The Labute approximate surface area is 133 Å². The molecule has 0 spiro atoms. The van der Waals surface area contributed by atoms with E-state index in [0.717, 1.165) is 18.4 Å². The summed E-state index contributed by atoms with van der Waals surface area (Å²) in [6, 6.07) is 8.58. The highest BCUT2D eigenvalue weighted by Crippen LogP contribution is 2.10. The van der Waals surface area contributed by atoms with Crippen molar-refractivity contribution in [3.63, 3.8) is 0 Å². The van der Waals surface area contributed by atoms with Gasteiger partial charge in [0, 0.05) is 25.2 Å². The second kappa shape index (κ2) is 6.24. The van der Waals surface area contributed by atoms with Crippen LogP contribution in [0.2, 0.25) is 0 Å². The predicted octanol–water partition coefficient (Wildman–Crippen LogP) is 0.738. The Morgan fingerprint density at radius 2 is 2.04 bits per heavy atom. The number of fused-ring (bicyclic) bond motifs is 1. The van der Waals surface area contributed by atoms with Gasteiger partial charge in [0.2, 0.25) is 11.8 Å². The third-order valence-corrected chi connectivity index (χ3v) is 4.20. The van der Waals surface area contributed by atoms with Gasteiger partial charge in [-0.1, -0.05) is 18.2 Å². The van der Waals surface area contributed by atoms with Crippen molar-refractivity contribution < 1.29 is 9.59 Å². The number of likely N-dealkylation sites (tertiary alicyclic amines) is 1. The number of amides is 2. The molecule has 1 unspecified atom stereocenters. The number of hydrogen-bond acceptors (Lipinski definition) is 3. The summed E-state index contributed by atoms with van der Waals surface area (Å²) in [4.78, 5) is 38.2. The third-order valence-electron chi connectivity index (χ3n) is 4.20. The highest BCUT2D eigenvalue weighted by molar-refractivity contribution is 5.88. The van der Waals surface area contributed by atoms with E-state index < -0.39 is 6.04 Å². The smallest absolute Gasteiger partial charge is 0.258 e. The van der Waals surface area contributed by atoms with Gasteiger partial charge in [-0.25, -0.2) is 0 Å². The van der Waals surface area contributed by atoms with Crippen molar-refractivity contribution in [2.24, 2.45) is 0 Å². The molecule has 1 aliphatic heterocycles. The van der Waals surface area contributed by atoms with Crippen LogP contribution in [0.5, 0.6) is 0 Å². The van der Waals surface area contributed by atoms with Crippen LogP contribution in [0, 0.1) is 0 Å². The first kappa shape index (κ1) is 15.3. The molecule has 0 bridgehead atoms. The van der Waals surface area contributed by atoms with Gasteiger partial charge >= 0.3 is 0 Å². The minimum Gasteiger partial charge on any atom is -0.344 e. The summed E-state index contributed by atoms with van der Waals surface area (Å²) >= 11 is 0. The highest BCUT2D eigenvalue weighted by Gasteiger charge is 2.27. The lowest BCUT2D eigenvalue weighted by Crippen LogP contribution is -2.51. The Morgan fingerprint density at radius 1 is 1.26 bits per heavy atom. The average molecular weight is 313 g/mol. The molecule has 2 aromatic rings. The van der Waals surface area contributed by atoms with Crippen LogP contribution in [0.15, 0.2) is 41.3 Å². The van der Waals surface area contributed by atoms with Crippen molar-refractivity contribution in [3.05, 3.63) is 46.9 Å². The van der Waals surface area contributed by atoms with E-state index in [1.807, 2.05) is 18.2 Å². The second-order valence-corrected chi connectivity index (χ2v) is 5.86. The van der Waals surface area contributed by atoms with E-state index in [1.165, 1.54) is 4.57 Å². The molecule has 2 heterocycles. The van der Waals surface area contributed by atoms with Gasteiger partial charge < -0.3 is 14.8 Å². The number of benzene rings is 1. The number of piperidine rings is 1. The largest absolute Gasteiger partial charge is 0.344 e. The molecule has 1 atom stereocenters. The number of nitrogens with zero attached hydrogens (tertiary/aromatic N) is 2. The first-order valence-corrected chi connectivity index (χ1v) is 7.69. The predicted molar refractivity (Wildman–Crippen MR) is 87.0 cm³/mol. The number of rotatable bonds is 3. The Bertz CT molecular complexity index is 812. The van der Waals surface area contributed by atoms with Gasteiger partial charge in [-0.15, -0.1) is 0 Å². The van der Waals surface area contributed by atoms with E-state index in [1.54, 1.807) is 30.3 Å². The topological polar surface area (TPSA) is 71.4 Å². The molecule has 1 N–H and O–H groups in total. The van der Waals surface area contributed by atoms with Gasteiger partial charge in [0.05, 0.1) is 0 Å². The fraction of sp³-hybridized carbons (Fsp3) is 0.353. The van der Waals surface area contributed by atoms with Crippen molar-refractivity contribution in [1.29, 1.82) is 0 Å². The normalized spacial score (nSPS) is 18.2. The number of carbonyl (C=O) groups is 2. The maximum atomic E-state index is 12.4. The van der Waals surface area contributed by atoms with Gasteiger partial charge in [-0.3, -0.25) is 14.4 Å². The molecule has 1 aromatic carbocycles. The van der Waals surface area contributed by atoms with Crippen LogP contribution in [0.3, 0.4) is 0 Å². The standard InChI is InChI=1S/C17H19N3O3/c1-19-9-4-7-14(17(19)23)18-15(21)11-20-10-8-12-5-2-3-6-13(12)16(20)22/h2-3,5-6,8,10,14H,4,7,9,11H2,1H3,(H,18,21). The van der Waals surface area contributed by atoms with Crippen molar-refractivity contribution in [1.82, 2.24) is 14.8 Å². The first-order chi connectivity index (χ1) is 11.1. The van der Waals surface area contributed by atoms with Crippen molar-refractivity contribution in [3.8, 4) is 0 Å². The van der Waals surface area contributed by atoms with Crippen LogP contribution < -0.4 is 10.9 Å². The van der Waals surface area contributed by atoms with Crippen LogP contribution in [0.4, 0.5) is 0 Å². The Balaban J connectivity index is 1.74. The highest BCUT2D eigenvalue weighted by atomic mass is 16.2. The fourth-order valence-electron chi connectivity index (χ4n) is 2.92. The van der Waals surface area contributed by atoms with E-state index in [0.29, 0.717) is 11.8 Å². The van der Waals surface area contributed by atoms with E-state index in [-0.39, 0.29) is 23.9 Å². The lowest BCUT2D eigenvalue weighted by atomic mass is 10.1. The van der Waals surface area contributed by atoms with E-state index >= 15 is 0 Å². The maximum Gasteiger partial charge on any atom is 0.258 e. The Morgan fingerprint density at radius 3 is 2.87 bits per heavy atom. The quantitative estimate of drug-likeness (QED) is 0.908. The maximum absolute atomic E-state index is 12.4. The molecule has 0 saturated carbocycles. The summed E-state index contributed by atoms with van der Waals surface area (Å²) in [5, 5.41) is 4.16. The van der Waals surface area contributed by atoms with Gasteiger partial charge in [0.1, 0.15) is 12.6 Å². The van der Waals surface area contributed by atoms with Crippen molar-refractivity contribution >= 4 is 22.6 Å². The SMILES string of the molecule is CN1CCCC(NC(=O)Cn2ccc3ccccc3c2=O)C1=O. The second-order valence-electron chi connectivity index (χ2n) is 5.86. The lowest BCUT2D eigenvalue weighted by molar-refractivity contribution is -0.137. The molecule has 23 heavy (non-hydrogen) atoms. The molecular weight excluding hydrogens is 294 g/mol. The summed E-state index contributed by atoms with van der Waals surface area (Å²) in [6.45, 7) is 0.631. The van der Waals surface area contributed by atoms with E-state index in [9.17, 15) is 14.4 Å². The number of hydrogen-bond donors (Lipinski definition) is 1. The molecule has 0 radical (unpaired) electrons. The lowest BCUT2D eigenvalue weighted by Gasteiger charge is -2.29. The van der Waals surface area contributed by atoms with Crippen molar-refractivity contribution in [2.45, 2.75) is 25.4 Å². The summed E-state index contributed by atoms with van der Waals surface area (Å²) in [7, 11) is 1.73. The van der Waals surface area contributed by atoms with Crippen LogP contribution >= 0.6 is 0 Å². The molecule has 3 rings (SSSR count). The molecule has 2 amide bonds. The first-order valence-electron chi connectivity index (χ1n) is 7.69. The third kappa shape index (κ3) is 3.11. The van der Waals surface area contributed by atoms with E-state index in [4.69, 9.17) is 0 Å². The minimum absolute atomic E-state index is 0.0736. The van der Waals surface area contributed by atoms with Gasteiger partial charge in [-0.2, -0.15) is 0 Å². The van der Waals surface area contributed by atoms with Gasteiger partial charge in [0.25, 0.3) is 5.56 Å². The summed E-state index contributed by atoms with van der Waals surface area (Å²) in [6.07, 6.45) is 3.11. The molecule has 6 nitrogen and oxygen atoms in total. The molecule has 0 aliphatic carbocycles.